The quantitative estimate of drug-likeness (QED) is 0.641. The summed E-state index contributed by atoms with van der Waals surface area (Å²) in [7, 11) is 0. The maximum absolute atomic E-state index is 5.80. The number of hydrogen-bond acceptors (Lipinski definition) is 4. The second kappa shape index (κ2) is 3.53. The van der Waals surface area contributed by atoms with Crippen molar-refractivity contribution in [3.8, 4) is 11.3 Å². The molecule has 0 radical (unpaired) electrons. The van der Waals surface area contributed by atoms with E-state index >= 15 is 0 Å². The number of rotatable bonds is 1. The summed E-state index contributed by atoms with van der Waals surface area (Å²) in [6.07, 6.45) is 10.0. The highest BCUT2D eigenvalue weighted by Crippen LogP contribution is 2.21. The van der Waals surface area contributed by atoms with E-state index in [0.717, 1.165) is 11.1 Å². The van der Waals surface area contributed by atoms with Crippen LogP contribution in [0, 0.1) is 0 Å². The minimum Gasteiger partial charge on any atom is -0.261 e. The summed E-state index contributed by atoms with van der Waals surface area (Å²) in [5, 5.41) is 4.55. The fourth-order valence-electron chi connectivity index (χ4n) is 1.50. The predicted octanol–water partition coefficient (Wildman–Crippen LogP) is 1.84. The van der Waals surface area contributed by atoms with E-state index in [2.05, 4.69) is 20.1 Å². The van der Waals surface area contributed by atoms with Crippen LogP contribution >= 0.6 is 11.6 Å². The van der Waals surface area contributed by atoms with E-state index in [1.165, 1.54) is 6.20 Å². The average molecular weight is 232 g/mol. The van der Waals surface area contributed by atoms with Gasteiger partial charge in [0.2, 0.25) is 0 Å². The lowest BCUT2D eigenvalue weighted by molar-refractivity contribution is 0.946. The Bertz CT molecular complexity index is 648. The van der Waals surface area contributed by atoms with Gasteiger partial charge in [-0.2, -0.15) is 5.10 Å². The summed E-state index contributed by atoms with van der Waals surface area (Å²) in [4.78, 5) is 12.2. The lowest BCUT2D eigenvalue weighted by atomic mass is 10.2. The molecule has 0 unspecified atom stereocenters. The van der Waals surface area contributed by atoms with Crippen molar-refractivity contribution in [2.24, 2.45) is 0 Å². The first-order chi connectivity index (χ1) is 7.84. The van der Waals surface area contributed by atoms with Crippen molar-refractivity contribution in [3.05, 3.63) is 42.3 Å². The summed E-state index contributed by atoms with van der Waals surface area (Å²) in [6.45, 7) is 0. The summed E-state index contributed by atoms with van der Waals surface area (Å²) in [6, 6.07) is 0. The molecule has 16 heavy (non-hydrogen) atoms. The third-order valence-electron chi connectivity index (χ3n) is 2.21. The van der Waals surface area contributed by atoms with Gasteiger partial charge < -0.3 is 0 Å². The first-order valence-electron chi connectivity index (χ1n) is 4.60. The Kier molecular flexibility index (Phi) is 2.04. The Labute approximate surface area is 95.8 Å². The molecule has 3 aromatic rings. The first-order valence-corrected chi connectivity index (χ1v) is 4.97. The number of hydrogen-bond donors (Lipinski definition) is 0. The molecule has 0 aliphatic heterocycles. The Hall–Kier alpha value is -2.01. The van der Waals surface area contributed by atoms with Gasteiger partial charge in [-0.05, 0) is 0 Å². The van der Waals surface area contributed by atoms with Crippen molar-refractivity contribution >= 4 is 17.1 Å². The van der Waals surface area contributed by atoms with Crippen molar-refractivity contribution in [1.82, 2.24) is 24.6 Å². The van der Waals surface area contributed by atoms with E-state index in [-0.39, 0.29) is 0 Å². The molecule has 5 nitrogen and oxygen atoms in total. The maximum Gasteiger partial charge on any atom is 0.148 e. The van der Waals surface area contributed by atoms with Crippen LogP contribution < -0.4 is 0 Å². The second-order valence-electron chi connectivity index (χ2n) is 3.19. The topological polar surface area (TPSA) is 56.0 Å². The van der Waals surface area contributed by atoms with Gasteiger partial charge in [-0.3, -0.25) is 9.97 Å². The van der Waals surface area contributed by atoms with Crippen LogP contribution in [0.3, 0.4) is 0 Å². The highest BCUT2D eigenvalue weighted by Gasteiger charge is 2.08. The molecule has 0 aliphatic rings. The van der Waals surface area contributed by atoms with Crippen molar-refractivity contribution in [1.29, 1.82) is 0 Å². The molecule has 0 aromatic carbocycles. The molecule has 6 heteroatoms. The van der Waals surface area contributed by atoms with E-state index in [1.54, 1.807) is 35.5 Å². The van der Waals surface area contributed by atoms with Crippen LogP contribution in [0.25, 0.3) is 16.8 Å². The predicted molar refractivity (Wildman–Crippen MR) is 59.0 cm³/mol. The molecule has 3 rings (SSSR count). The van der Waals surface area contributed by atoms with Gasteiger partial charge in [0.05, 0.1) is 36.0 Å². The number of halogens is 1. The Morgan fingerprint density at radius 2 is 2.00 bits per heavy atom. The van der Waals surface area contributed by atoms with Crippen LogP contribution in [0.1, 0.15) is 0 Å². The molecular formula is C10H6ClN5. The Balaban J connectivity index is 2.26. The highest BCUT2D eigenvalue weighted by molar-refractivity contribution is 6.29. The summed E-state index contributed by atoms with van der Waals surface area (Å²) < 4.78 is 1.73. The van der Waals surface area contributed by atoms with Crippen LogP contribution in [-0.2, 0) is 0 Å². The van der Waals surface area contributed by atoms with Crippen LogP contribution in [0.4, 0.5) is 0 Å². The molecular weight excluding hydrogens is 226 g/mol. The minimum atomic E-state index is 0.362. The molecule has 3 aromatic heterocycles. The SMILES string of the molecule is Clc1cncc(-c2cnn3ccncc23)n1. The highest BCUT2D eigenvalue weighted by atomic mass is 35.5. The van der Waals surface area contributed by atoms with Crippen LogP contribution in [-0.4, -0.2) is 24.6 Å². The normalized spacial score (nSPS) is 10.8. The molecule has 0 bridgehead atoms. The molecule has 0 saturated heterocycles. The summed E-state index contributed by atoms with van der Waals surface area (Å²) >= 11 is 5.80. The second-order valence-corrected chi connectivity index (χ2v) is 3.58. The molecule has 0 fully saturated rings. The largest absolute Gasteiger partial charge is 0.261 e. The fraction of sp³-hybridized carbons (Fsp3) is 0. The van der Waals surface area contributed by atoms with Gasteiger partial charge in [0.1, 0.15) is 5.15 Å². The lowest BCUT2D eigenvalue weighted by Crippen LogP contribution is -1.88. The van der Waals surface area contributed by atoms with Gasteiger partial charge in [0.25, 0.3) is 0 Å². The molecule has 0 saturated carbocycles. The van der Waals surface area contributed by atoms with Crippen LogP contribution in [0.2, 0.25) is 5.15 Å². The number of fused-ring (bicyclic) bond motifs is 1. The minimum absolute atomic E-state index is 0.362. The van der Waals surface area contributed by atoms with Crippen molar-refractivity contribution < 1.29 is 0 Å². The van der Waals surface area contributed by atoms with E-state index in [1.807, 2.05) is 0 Å². The Morgan fingerprint density at radius 1 is 1.06 bits per heavy atom. The smallest absolute Gasteiger partial charge is 0.148 e. The zero-order valence-electron chi connectivity index (χ0n) is 8.08. The van der Waals surface area contributed by atoms with Crippen LogP contribution in [0.5, 0.6) is 0 Å². The first kappa shape index (κ1) is 9.23. The molecule has 0 spiro atoms. The third-order valence-corrected chi connectivity index (χ3v) is 2.39. The van der Waals surface area contributed by atoms with Crippen molar-refractivity contribution in [2.45, 2.75) is 0 Å². The van der Waals surface area contributed by atoms with E-state index in [9.17, 15) is 0 Å². The zero-order chi connectivity index (χ0) is 11.0. The summed E-state index contributed by atoms with van der Waals surface area (Å²) in [5.74, 6) is 0. The van der Waals surface area contributed by atoms with E-state index < -0.39 is 0 Å². The molecule has 0 amide bonds. The summed E-state index contributed by atoms with van der Waals surface area (Å²) in [5.41, 5.74) is 2.43. The van der Waals surface area contributed by atoms with Gasteiger partial charge in [0.15, 0.2) is 0 Å². The van der Waals surface area contributed by atoms with Crippen molar-refractivity contribution in [3.63, 3.8) is 0 Å². The molecule has 0 atom stereocenters. The number of aromatic nitrogens is 5. The maximum atomic E-state index is 5.80. The third kappa shape index (κ3) is 1.42. The molecule has 0 aliphatic carbocycles. The van der Waals surface area contributed by atoms with Gasteiger partial charge in [-0.25, -0.2) is 9.50 Å². The standard InChI is InChI=1S/C10H6ClN5/c11-10-6-13-4-8(15-10)7-3-14-16-2-1-12-5-9(7)16/h1-6H. The molecule has 78 valence electrons. The molecule has 0 N–H and O–H groups in total. The molecule has 3 heterocycles. The fourth-order valence-corrected chi connectivity index (χ4v) is 1.65. The number of nitrogens with zero attached hydrogens (tertiary/aromatic N) is 5. The van der Waals surface area contributed by atoms with Gasteiger partial charge in [0, 0.05) is 18.0 Å². The van der Waals surface area contributed by atoms with Crippen LogP contribution in [0.15, 0.2) is 37.2 Å². The van der Waals surface area contributed by atoms with Gasteiger partial charge in [-0.1, -0.05) is 11.6 Å². The average Bonchev–Trinajstić information content (AvgIpc) is 2.72. The Morgan fingerprint density at radius 3 is 2.88 bits per heavy atom. The zero-order valence-corrected chi connectivity index (χ0v) is 8.83. The van der Waals surface area contributed by atoms with E-state index in [0.29, 0.717) is 10.8 Å². The van der Waals surface area contributed by atoms with Crippen molar-refractivity contribution in [2.75, 3.05) is 0 Å². The monoisotopic (exact) mass is 231 g/mol. The van der Waals surface area contributed by atoms with Gasteiger partial charge in [-0.15, -0.1) is 0 Å². The van der Waals surface area contributed by atoms with Gasteiger partial charge >= 0.3 is 0 Å². The van der Waals surface area contributed by atoms with E-state index in [4.69, 9.17) is 11.6 Å². The lowest BCUT2D eigenvalue weighted by Gasteiger charge is -1.97.